The molecule has 1 heterocycles. The van der Waals surface area contributed by atoms with E-state index in [1.807, 2.05) is 37.3 Å². The Hall–Kier alpha value is -2.51. The Kier molecular flexibility index (Phi) is 4.73. The van der Waals surface area contributed by atoms with Crippen LogP contribution in [0.2, 0.25) is 0 Å². The van der Waals surface area contributed by atoms with Gasteiger partial charge in [-0.1, -0.05) is 35.9 Å². The molecular formula is C17H17N3O3S. The second-order valence-electron chi connectivity index (χ2n) is 5.33. The molecule has 0 amide bonds. The van der Waals surface area contributed by atoms with Crippen LogP contribution in [-0.4, -0.2) is 25.2 Å². The molecule has 0 bridgehead atoms. The first-order valence-electron chi connectivity index (χ1n) is 7.49. The molecule has 2 aromatic carbocycles. The number of sulfonamides is 1. The number of benzene rings is 2. The fourth-order valence-corrected chi connectivity index (χ4v) is 3.18. The molecule has 7 heteroatoms. The lowest BCUT2D eigenvalue weighted by Crippen LogP contribution is -2.26. The highest BCUT2D eigenvalue weighted by Crippen LogP contribution is 2.17. The van der Waals surface area contributed by atoms with Crippen molar-refractivity contribution in [3.05, 3.63) is 66.1 Å². The highest BCUT2D eigenvalue weighted by molar-refractivity contribution is 7.89. The van der Waals surface area contributed by atoms with Crippen molar-refractivity contribution in [1.82, 2.24) is 14.9 Å². The van der Waals surface area contributed by atoms with Crippen molar-refractivity contribution < 1.29 is 12.8 Å². The van der Waals surface area contributed by atoms with Crippen LogP contribution >= 0.6 is 0 Å². The molecule has 0 aliphatic rings. The number of hydrogen-bond acceptors (Lipinski definition) is 5. The molecule has 3 rings (SSSR count). The summed E-state index contributed by atoms with van der Waals surface area (Å²) in [5.41, 5.74) is 1.84. The average molecular weight is 343 g/mol. The number of nitrogens with zero attached hydrogens (tertiary/aromatic N) is 2. The summed E-state index contributed by atoms with van der Waals surface area (Å²) in [4.78, 5) is 0.239. The van der Waals surface area contributed by atoms with Crippen LogP contribution in [0.1, 0.15) is 11.5 Å². The van der Waals surface area contributed by atoms with Crippen LogP contribution in [0, 0.1) is 6.92 Å². The average Bonchev–Trinajstić information content (AvgIpc) is 3.05. The van der Waals surface area contributed by atoms with Crippen LogP contribution < -0.4 is 4.72 Å². The molecule has 1 N–H and O–H groups in total. The van der Waals surface area contributed by atoms with Crippen molar-refractivity contribution in [3.63, 3.8) is 0 Å². The van der Waals surface area contributed by atoms with Crippen molar-refractivity contribution in [3.8, 4) is 11.5 Å². The summed E-state index contributed by atoms with van der Waals surface area (Å²) < 4.78 is 32.5. The lowest BCUT2D eigenvalue weighted by atomic mass is 10.2. The van der Waals surface area contributed by atoms with E-state index in [-0.39, 0.29) is 11.4 Å². The minimum Gasteiger partial charge on any atom is -0.421 e. The Morgan fingerprint density at radius 1 is 1.00 bits per heavy atom. The number of nitrogens with one attached hydrogen (secondary N) is 1. The van der Waals surface area contributed by atoms with Gasteiger partial charge in [0.05, 0.1) is 4.90 Å². The topological polar surface area (TPSA) is 85.1 Å². The Balaban J connectivity index is 1.60. The molecule has 0 aliphatic carbocycles. The van der Waals surface area contributed by atoms with Crippen LogP contribution in [0.5, 0.6) is 0 Å². The van der Waals surface area contributed by atoms with Crippen LogP contribution in [-0.2, 0) is 16.4 Å². The predicted molar refractivity (Wildman–Crippen MR) is 89.8 cm³/mol. The first kappa shape index (κ1) is 16.4. The second-order valence-corrected chi connectivity index (χ2v) is 7.09. The van der Waals surface area contributed by atoms with Gasteiger partial charge in [0.15, 0.2) is 0 Å². The molecule has 0 saturated heterocycles. The molecule has 0 unspecified atom stereocenters. The van der Waals surface area contributed by atoms with E-state index in [1.165, 1.54) is 0 Å². The van der Waals surface area contributed by atoms with E-state index in [9.17, 15) is 8.42 Å². The van der Waals surface area contributed by atoms with Gasteiger partial charge in [-0.05, 0) is 31.2 Å². The SMILES string of the molecule is Cc1ccc(S(=O)(=O)NCCc2nnc(-c3ccccc3)o2)cc1. The van der Waals surface area contributed by atoms with Gasteiger partial charge in [-0.2, -0.15) is 0 Å². The zero-order valence-corrected chi connectivity index (χ0v) is 14.0. The Morgan fingerprint density at radius 2 is 1.71 bits per heavy atom. The quantitative estimate of drug-likeness (QED) is 0.743. The lowest BCUT2D eigenvalue weighted by molar-refractivity contribution is 0.502. The molecule has 3 aromatic rings. The smallest absolute Gasteiger partial charge is 0.247 e. The fraction of sp³-hybridized carbons (Fsp3) is 0.176. The van der Waals surface area contributed by atoms with Crippen molar-refractivity contribution in [2.75, 3.05) is 6.54 Å². The first-order valence-corrected chi connectivity index (χ1v) is 8.97. The second kappa shape index (κ2) is 6.94. The Bertz CT molecular complexity index is 904. The molecule has 1 aromatic heterocycles. The molecule has 0 atom stereocenters. The van der Waals surface area contributed by atoms with Crippen LogP contribution in [0.25, 0.3) is 11.5 Å². The number of rotatable bonds is 6. The molecule has 0 aliphatic heterocycles. The van der Waals surface area contributed by atoms with E-state index in [0.717, 1.165) is 11.1 Å². The van der Waals surface area contributed by atoms with Gasteiger partial charge in [-0.3, -0.25) is 0 Å². The van der Waals surface area contributed by atoms with E-state index in [1.54, 1.807) is 24.3 Å². The monoisotopic (exact) mass is 343 g/mol. The minimum atomic E-state index is -3.53. The van der Waals surface area contributed by atoms with Gasteiger partial charge in [0.1, 0.15) is 0 Å². The lowest BCUT2D eigenvalue weighted by Gasteiger charge is -2.05. The van der Waals surface area contributed by atoms with E-state index in [0.29, 0.717) is 18.2 Å². The summed E-state index contributed by atoms with van der Waals surface area (Å²) in [5.74, 6) is 0.812. The van der Waals surface area contributed by atoms with E-state index in [2.05, 4.69) is 14.9 Å². The highest BCUT2D eigenvalue weighted by atomic mass is 32.2. The fourth-order valence-electron chi connectivity index (χ4n) is 2.15. The molecule has 6 nitrogen and oxygen atoms in total. The normalized spacial score (nSPS) is 11.5. The van der Waals surface area contributed by atoms with E-state index in [4.69, 9.17) is 4.42 Å². The maximum Gasteiger partial charge on any atom is 0.247 e. The standard InChI is InChI=1S/C17H17N3O3S/c1-13-7-9-15(10-8-13)24(21,22)18-12-11-16-19-20-17(23-16)14-5-3-2-4-6-14/h2-10,18H,11-12H2,1H3. The summed E-state index contributed by atoms with van der Waals surface area (Å²) >= 11 is 0. The molecule has 0 saturated carbocycles. The number of hydrogen-bond donors (Lipinski definition) is 1. The number of aromatic nitrogens is 2. The van der Waals surface area contributed by atoms with E-state index < -0.39 is 10.0 Å². The zero-order chi connectivity index (χ0) is 17.0. The summed E-state index contributed by atoms with van der Waals surface area (Å²) in [5, 5.41) is 7.92. The molecule has 0 spiro atoms. The first-order chi connectivity index (χ1) is 11.5. The predicted octanol–water partition coefficient (Wildman–Crippen LogP) is 2.57. The maximum atomic E-state index is 12.2. The van der Waals surface area contributed by atoms with Crippen molar-refractivity contribution in [2.24, 2.45) is 0 Å². The summed E-state index contributed by atoms with van der Waals surface area (Å²) in [6, 6.07) is 16.1. The maximum absolute atomic E-state index is 12.2. The van der Waals surface area contributed by atoms with Gasteiger partial charge in [-0.15, -0.1) is 10.2 Å². The van der Waals surface area contributed by atoms with Gasteiger partial charge in [0.25, 0.3) is 0 Å². The van der Waals surface area contributed by atoms with Gasteiger partial charge in [-0.25, -0.2) is 13.1 Å². The van der Waals surface area contributed by atoms with Crippen LogP contribution in [0.4, 0.5) is 0 Å². The summed E-state index contributed by atoms with van der Waals surface area (Å²) in [6.45, 7) is 2.09. The third-order valence-electron chi connectivity index (χ3n) is 3.45. The van der Waals surface area contributed by atoms with Gasteiger partial charge >= 0.3 is 0 Å². The Morgan fingerprint density at radius 3 is 2.42 bits per heavy atom. The third-order valence-corrected chi connectivity index (χ3v) is 4.93. The molecule has 0 radical (unpaired) electrons. The molecule has 0 fully saturated rings. The molecular weight excluding hydrogens is 326 g/mol. The Labute approximate surface area is 140 Å². The molecule has 124 valence electrons. The van der Waals surface area contributed by atoms with Crippen LogP contribution in [0.3, 0.4) is 0 Å². The number of aryl methyl sites for hydroxylation is 1. The van der Waals surface area contributed by atoms with Crippen molar-refractivity contribution in [1.29, 1.82) is 0 Å². The van der Waals surface area contributed by atoms with Crippen LogP contribution in [0.15, 0.2) is 63.9 Å². The summed E-state index contributed by atoms with van der Waals surface area (Å²) in [7, 11) is -3.53. The minimum absolute atomic E-state index is 0.187. The highest BCUT2D eigenvalue weighted by Gasteiger charge is 2.14. The summed E-state index contributed by atoms with van der Waals surface area (Å²) in [6.07, 6.45) is 0.324. The van der Waals surface area contributed by atoms with Gasteiger partial charge in [0.2, 0.25) is 21.8 Å². The van der Waals surface area contributed by atoms with Crippen molar-refractivity contribution >= 4 is 10.0 Å². The largest absolute Gasteiger partial charge is 0.421 e. The van der Waals surface area contributed by atoms with Gasteiger partial charge < -0.3 is 4.42 Å². The van der Waals surface area contributed by atoms with E-state index >= 15 is 0 Å². The zero-order valence-electron chi connectivity index (χ0n) is 13.1. The van der Waals surface area contributed by atoms with Gasteiger partial charge in [0, 0.05) is 18.5 Å². The third kappa shape index (κ3) is 3.87. The van der Waals surface area contributed by atoms with Crippen molar-refractivity contribution in [2.45, 2.75) is 18.2 Å². The molecule has 24 heavy (non-hydrogen) atoms.